The van der Waals surface area contributed by atoms with Crippen molar-refractivity contribution in [2.45, 2.75) is 339 Å². The fourth-order valence-corrected chi connectivity index (χ4v) is 12.1. The van der Waals surface area contributed by atoms with Crippen molar-refractivity contribution < 1.29 is 115 Å². The molecule has 23 nitrogen and oxygen atoms in total. The van der Waals surface area contributed by atoms with Gasteiger partial charge in [0.25, 0.3) is 0 Å². The van der Waals surface area contributed by atoms with Gasteiger partial charge >= 0.3 is 0 Å². The zero-order valence-corrected chi connectivity index (χ0v) is 56.6. The Hall–Kier alpha value is -0.920. The molecule has 0 spiro atoms. The highest BCUT2D eigenvalue weighted by Gasteiger charge is 2.51. The first kappa shape index (κ1) is 86.1. The second-order valence-electron chi connectivity index (χ2n) is 31.7. The molecule has 12 unspecified atom stereocenters. The minimum Gasteiger partial charge on any atom is -0.394 e. The van der Waals surface area contributed by atoms with E-state index in [1.165, 1.54) is 0 Å². The molecule has 6 aliphatic rings. The molecule has 6 saturated heterocycles. The largest absolute Gasteiger partial charge is 0.394 e. The summed E-state index contributed by atoms with van der Waals surface area (Å²) in [5.41, 5.74) is -0.937. The zero-order valence-electron chi connectivity index (χ0n) is 56.6. The molecular formula is C64H130O23. The topological polar surface area (TPSA) is 399 Å². The van der Waals surface area contributed by atoms with Crippen molar-refractivity contribution in [1.82, 2.24) is 0 Å². The smallest absolute Gasteiger partial charge is 0.111 e. The Morgan fingerprint density at radius 3 is 0.690 bits per heavy atom. The van der Waals surface area contributed by atoms with Crippen molar-refractivity contribution >= 4 is 0 Å². The van der Waals surface area contributed by atoms with Gasteiger partial charge in [-0.2, -0.15) is 0 Å². The van der Waals surface area contributed by atoms with E-state index in [2.05, 4.69) is 69.2 Å². The maximum Gasteiger partial charge on any atom is 0.111 e. The lowest BCUT2D eigenvalue weighted by Gasteiger charge is -2.46. The van der Waals surface area contributed by atoms with Crippen molar-refractivity contribution in [2.24, 2.45) is 50.2 Å². The second kappa shape index (κ2) is 34.5. The minimum absolute atomic E-state index is 0. The molecule has 0 radical (unpaired) electrons. The third-order valence-corrected chi connectivity index (χ3v) is 17.2. The number of hydrogen-bond donors (Lipinski definition) is 17. The Kier molecular flexibility index (Phi) is 34.1. The van der Waals surface area contributed by atoms with Crippen LogP contribution in [0.5, 0.6) is 0 Å². The molecule has 6 rings (SSSR count). The summed E-state index contributed by atoms with van der Waals surface area (Å²) < 4.78 is 33.5. The first-order valence-electron chi connectivity index (χ1n) is 31.0. The molecule has 0 aliphatic carbocycles. The predicted molar refractivity (Wildman–Crippen MR) is 330 cm³/mol. The molecule has 0 aromatic rings. The van der Waals surface area contributed by atoms with Crippen molar-refractivity contribution in [3.63, 3.8) is 0 Å². The van der Waals surface area contributed by atoms with E-state index in [9.17, 15) is 71.5 Å². The highest BCUT2D eigenvalue weighted by atomic mass is 16.6. The summed E-state index contributed by atoms with van der Waals surface area (Å²) in [4.78, 5) is 0. The van der Waals surface area contributed by atoms with Gasteiger partial charge in [-0.1, -0.05) is 153 Å². The molecule has 87 heavy (non-hydrogen) atoms. The SMILES string of the molecule is C.CC(C)(C)C1OC(CO)[C@H](O)C(O)[C@@H]1O.CC(C)(C)[C@@H]1OC(CO)[C@@H](O)C(O)[C@@H]1O.CC(C)(C)[C@H]1OC(CO)[C@@H](O)C(O)[C@@H]1O.CC1O[C@@H](C(C)(C)C)[C@@H](C)C(O)[C@@H]1O.CC1O[C@@H](C(C)(C)C)[C@@H](C)C(O)[C@H]1O.CC1O[C@@H](C(C)(C)C)[C@@H](C)C[C@H]1O. The highest BCUT2D eigenvalue weighted by molar-refractivity contribution is 5.00. The van der Waals surface area contributed by atoms with E-state index in [-0.39, 0.29) is 114 Å². The van der Waals surface area contributed by atoms with Crippen molar-refractivity contribution in [3.05, 3.63) is 0 Å². The molecule has 6 aliphatic heterocycles. The van der Waals surface area contributed by atoms with Crippen molar-refractivity contribution in [3.8, 4) is 0 Å². The Labute approximate surface area is 522 Å². The molecule has 0 saturated carbocycles. The van der Waals surface area contributed by atoms with Crippen LogP contribution in [-0.2, 0) is 28.4 Å². The van der Waals surface area contributed by atoms with Gasteiger partial charge in [-0.05, 0) is 65.6 Å². The Balaban J connectivity index is 0.00000102. The van der Waals surface area contributed by atoms with Crippen LogP contribution >= 0.6 is 0 Å². The predicted octanol–water partition coefficient (Wildman–Crippen LogP) is 1.82. The van der Waals surface area contributed by atoms with Crippen LogP contribution in [0.2, 0.25) is 0 Å². The lowest BCUT2D eigenvalue weighted by atomic mass is 9.76. The van der Waals surface area contributed by atoms with Crippen LogP contribution < -0.4 is 0 Å². The zero-order chi connectivity index (χ0) is 67.8. The third-order valence-electron chi connectivity index (χ3n) is 17.2. The summed E-state index contributed by atoms with van der Waals surface area (Å²) in [5.74, 6) is 0.397. The molecule has 524 valence electrons. The van der Waals surface area contributed by atoms with Crippen LogP contribution in [0.4, 0.5) is 0 Å². The summed E-state index contributed by atoms with van der Waals surface area (Å²) in [5, 5.41) is 162. The number of ether oxygens (including phenoxy) is 6. The molecule has 6 fully saturated rings. The molecule has 17 N–H and O–H groups in total. The van der Waals surface area contributed by atoms with Crippen molar-refractivity contribution in [1.29, 1.82) is 0 Å². The van der Waals surface area contributed by atoms with Gasteiger partial charge in [0.1, 0.15) is 85.5 Å². The minimum atomic E-state index is -1.28. The monoisotopic (exact) mass is 1270 g/mol. The van der Waals surface area contributed by atoms with Crippen LogP contribution in [0.25, 0.3) is 0 Å². The van der Waals surface area contributed by atoms with E-state index in [1.807, 2.05) is 83.1 Å². The number of aliphatic hydroxyl groups is 17. The first-order valence-corrected chi connectivity index (χ1v) is 31.0. The van der Waals surface area contributed by atoms with Crippen LogP contribution in [0, 0.1) is 50.2 Å². The number of hydrogen-bond acceptors (Lipinski definition) is 23. The molecule has 0 aromatic heterocycles. The van der Waals surface area contributed by atoms with Crippen LogP contribution in [0.1, 0.15) is 180 Å². The van der Waals surface area contributed by atoms with Gasteiger partial charge in [-0.3, -0.25) is 0 Å². The van der Waals surface area contributed by atoms with Crippen LogP contribution in [-0.4, -0.2) is 265 Å². The van der Waals surface area contributed by atoms with E-state index in [4.69, 9.17) is 43.7 Å². The first-order chi connectivity index (χ1) is 38.7. The number of aliphatic hydroxyl groups excluding tert-OH is 17. The van der Waals surface area contributed by atoms with Crippen LogP contribution in [0.3, 0.4) is 0 Å². The molecule has 29 atom stereocenters. The van der Waals surface area contributed by atoms with Gasteiger partial charge in [0.2, 0.25) is 0 Å². The molecule has 23 heteroatoms. The molecule has 0 amide bonds. The molecule has 0 bridgehead atoms. The van der Waals surface area contributed by atoms with E-state index in [0.717, 1.165) is 6.42 Å². The lowest BCUT2D eigenvalue weighted by Crippen LogP contribution is -2.61. The average Bonchev–Trinajstić information content (AvgIpc) is 1.29. The summed E-state index contributed by atoms with van der Waals surface area (Å²) in [6.45, 7) is 46.3. The quantitative estimate of drug-likeness (QED) is 0.192. The van der Waals surface area contributed by atoms with Gasteiger partial charge < -0.3 is 115 Å². The maximum atomic E-state index is 9.82. The van der Waals surface area contributed by atoms with Gasteiger partial charge in [0.15, 0.2) is 0 Å². The standard InChI is InChI=1S/2C11H22O3.C11H22O2.3C10H20O5.CH4/c2*1-6-8(12)9(13)7(2)14-10(6)11(3,4)5;1-7-6-9(12)8(2)13-10(7)11(3,4)5;3*1-10(2,3)9-8(14)7(13)6(12)5(4-11)15-9;/h2*6-10,12-13H,1-5H3;7-10,12H,6H2,1-5H3;3*5-9,11-14H,4H2,1-3H3;1H4/t6-,7?,8?,9+,10+;6-,7?,8?,9-,10+;7-,8?,9+,10+;5?,6-,7?,8+,9+;5?,6-,7?,8+,9-;5?,6-,7?,8-,9?;/m000110./s1. The molecule has 6 heterocycles. The maximum absolute atomic E-state index is 9.82. The van der Waals surface area contributed by atoms with Gasteiger partial charge in [-0.25, -0.2) is 0 Å². The average molecular weight is 1270 g/mol. The molecular weight excluding hydrogens is 1140 g/mol. The fourth-order valence-electron chi connectivity index (χ4n) is 12.1. The van der Waals surface area contributed by atoms with Gasteiger partial charge in [0.05, 0.1) is 93.1 Å². The summed E-state index contributed by atoms with van der Waals surface area (Å²) in [7, 11) is 0. The third kappa shape index (κ3) is 23.8. The second-order valence-corrected chi connectivity index (χ2v) is 31.7. The summed E-state index contributed by atoms with van der Waals surface area (Å²) in [6, 6.07) is 0. The van der Waals surface area contributed by atoms with Gasteiger partial charge in [-0.15, -0.1) is 0 Å². The van der Waals surface area contributed by atoms with E-state index in [0.29, 0.717) is 5.92 Å². The summed E-state index contributed by atoms with van der Waals surface area (Å²) >= 11 is 0. The Morgan fingerprint density at radius 2 is 0.483 bits per heavy atom. The van der Waals surface area contributed by atoms with E-state index < -0.39 is 116 Å². The number of rotatable bonds is 3. The Bertz CT molecular complexity index is 1730. The highest BCUT2D eigenvalue weighted by Crippen LogP contribution is 2.40. The van der Waals surface area contributed by atoms with Crippen LogP contribution in [0.15, 0.2) is 0 Å². The van der Waals surface area contributed by atoms with Crippen molar-refractivity contribution in [2.75, 3.05) is 19.8 Å². The fraction of sp³-hybridized carbons (Fsp3) is 1.00. The van der Waals surface area contributed by atoms with E-state index >= 15 is 0 Å². The lowest BCUT2D eigenvalue weighted by molar-refractivity contribution is -0.250. The molecule has 0 aromatic carbocycles. The normalized spacial score (nSPS) is 43.1. The Morgan fingerprint density at radius 1 is 0.264 bits per heavy atom. The van der Waals surface area contributed by atoms with Gasteiger partial charge in [0, 0.05) is 11.8 Å². The summed E-state index contributed by atoms with van der Waals surface area (Å²) in [6.07, 6.45) is -17.9. The van der Waals surface area contributed by atoms with E-state index in [1.54, 1.807) is 13.8 Å².